The molecule has 0 bridgehead atoms. The molecule has 0 aromatic rings. The Morgan fingerprint density at radius 2 is 1.18 bits per heavy atom. The van der Waals surface area contributed by atoms with Gasteiger partial charge in [0.25, 0.3) is 0 Å². The molecule has 10 nitrogen and oxygen atoms in total. The zero-order valence-corrected chi connectivity index (χ0v) is 29.6. The van der Waals surface area contributed by atoms with E-state index in [0.717, 1.165) is 6.42 Å². The topological polar surface area (TPSA) is 118 Å². The monoisotopic (exact) mass is 639 g/mol. The van der Waals surface area contributed by atoms with Crippen molar-refractivity contribution < 1.29 is 42.9 Å². The van der Waals surface area contributed by atoms with Gasteiger partial charge in [0.05, 0.1) is 26.6 Å². The van der Waals surface area contributed by atoms with Crippen molar-refractivity contribution in [2.75, 3.05) is 6.61 Å². The molecule has 6 atom stereocenters. The van der Waals surface area contributed by atoms with E-state index in [1.807, 2.05) is 6.08 Å². The summed E-state index contributed by atoms with van der Waals surface area (Å²) in [4.78, 5) is 55.2. The van der Waals surface area contributed by atoms with E-state index in [9.17, 15) is 19.2 Å². The van der Waals surface area contributed by atoms with Gasteiger partial charge in [-0.2, -0.15) is 0 Å². The average Bonchev–Trinajstić information content (AvgIpc) is 2.87. The number of nitrogens with zero attached hydrogens (tertiary/aromatic N) is 1. The first-order valence-corrected chi connectivity index (χ1v) is 15.7. The Morgan fingerprint density at radius 3 is 1.59 bits per heavy atom. The van der Waals surface area contributed by atoms with Crippen LogP contribution in [0.15, 0.2) is 12.3 Å². The summed E-state index contributed by atoms with van der Waals surface area (Å²) >= 11 is 5.79. The number of rotatable bonds is 7. The normalized spacial score (nSPS) is 26.6. The van der Waals surface area contributed by atoms with Crippen molar-refractivity contribution in [1.29, 1.82) is 0 Å². The third-order valence-electron chi connectivity index (χ3n) is 7.21. The Bertz CT molecular complexity index is 1120. The first kappa shape index (κ1) is 37.7. The molecule has 0 spiro atoms. The maximum atomic E-state index is 13.4. The largest absolute Gasteiger partial charge is 0.462 e. The lowest BCUT2D eigenvalue weighted by atomic mass is 9.91. The van der Waals surface area contributed by atoms with Crippen LogP contribution in [-0.4, -0.2) is 71.0 Å². The number of esters is 4. The van der Waals surface area contributed by atoms with Gasteiger partial charge in [0.15, 0.2) is 24.5 Å². The van der Waals surface area contributed by atoms with Gasteiger partial charge in [-0.15, -0.1) is 0 Å². The summed E-state index contributed by atoms with van der Waals surface area (Å²) in [7, 11) is 0. The SMILES string of the molecule is CC[C@H]1C=CN([C@@H]2O[C@H](COC(=O)C(C)(C)C)[C@H](OC(=O)C(C)(C)C)[C@H](OC(=O)C(C)(C)C)[C@H]2OC(=O)C(C)(C)C)C(=S)C1. The van der Waals surface area contributed by atoms with E-state index in [-0.39, 0.29) is 12.5 Å². The predicted octanol–water partition coefficient (Wildman–Crippen LogP) is 5.75. The first-order valence-electron chi connectivity index (χ1n) is 15.3. The molecule has 2 rings (SSSR count). The second-order valence-corrected chi connectivity index (χ2v) is 16.3. The van der Waals surface area contributed by atoms with Crippen LogP contribution in [0.25, 0.3) is 0 Å². The summed E-state index contributed by atoms with van der Waals surface area (Å²) in [6.07, 6.45) is -0.841. The van der Waals surface area contributed by atoms with Gasteiger partial charge in [0.1, 0.15) is 12.7 Å². The van der Waals surface area contributed by atoms with Gasteiger partial charge in [-0.25, -0.2) is 0 Å². The van der Waals surface area contributed by atoms with Gasteiger partial charge in [0.2, 0.25) is 0 Å². The zero-order chi connectivity index (χ0) is 34.0. The Hall–Kier alpha value is -2.53. The molecule has 0 radical (unpaired) electrons. The summed E-state index contributed by atoms with van der Waals surface area (Å²) in [5.41, 5.74) is -3.63. The van der Waals surface area contributed by atoms with Crippen molar-refractivity contribution in [3.05, 3.63) is 12.3 Å². The Labute approximate surface area is 268 Å². The lowest BCUT2D eigenvalue weighted by Gasteiger charge is -2.49. The molecular formula is C33H53NO9S. The van der Waals surface area contributed by atoms with E-state index in [4.69, 9.17) is 35.9 Å². The fourth-order valence-corrected chi connectivity index (χ4v) is 4.51. The lowest BCUT2D eigenvalue weighted by Crippen LogP contribution is -2.67. The minimum absolute atomic E-state index is 0.219. The molecule has 2 aliphatic heterocycles. The third-order valence-corrected chi connectivity index (χ3v) is 7.59. The third kappa shape index (κ3) is 9.73. The maximum Gasteiger partial charge on any atom is 0.311 e. The van der Waals surface area contributed by atoms with Crippen molar-refractivity contribution >= 4 is 41.1 Å². The summed E-state index contributed by atoms with van der Waals surface area (Å²) in [5, 5.41) is 0. The second kappa shape index (κ2) is 13.8. The summed E-state index contributed by atoms with van der Waals surface area (Å²) in [6, 6.07) is 0. The summed E-state index contributed by atoms with van der Waals surface area (Å²) < 4.78 is 30.4. The first-order chi connectivity index (χ1) is 19.9. The number of hydrogen-bond acceptors (Lipinski definition) is 10. The molecule has 250 valence electrons. The van der Waals surface area contributed by atoms with Gasteiger partial charge in [-0.1, -0.05) is 25.2 Å². The summed E-state index contributed by atoms with van der Waals surface area (Å²) in [5.74, 6) is -2.07. The van der Waals surface area contributed by atoms with Crippen LogP contribution in [0.5, 0.6) is 0 Å². The highest BCUT2D eigenvalue weighted by Gasteiger charge is 2.56. The van der Waals surface area contributed by atoms with E-state index in [1.165, 1.54) is 0 Å². The maximum absolute atomic E-state index is 13.4. The molecule has 0 aromatic heterocycles. The standard InChI is InChI=1S/C33H53NO9S/c1-14-19-15-16-34(21(44)17-19)25-24(43-29(38)33(11,12)13)23(42-28(37)32(8,9)10)22(41-27(36)31(5,6)7)20(40-25)18-39-26(35)30(2,3)4/h15-16,19-20,22-25H,14,17-18H2,1-13H3/t19-,20+,22-,23-,24+,25+/m0/s1. The molecule has 0 aromatic carbocycles. The quantitative estimate of drug-likeness (QED) is 0.193. The molecule has 0 amide bonds. The van der Waals surface area contributed by atoms with E-state index in [2.05, 4.69) is 6.92 Å². The van der Waals surface area contributed by atoms with E-state index >= 15 is 0 Å². The molecule has 1 saturated heterocycles. The number of carbonyl (C=O) groups is 4. The molecule has 44 heavy (non-hydrogen) atoms. The predicted molar refractivity (Wildman–Crippen MR) is 169 cm³/mol. The van der Waals surface area contributed by atoms with Gasteiger partial charge in [0, 0.05) is 12.6 Å². The number of thiocarbonyl (C=S) groups is 1. The molecule has 0 N–H and O–H groups in total. The van der Waals surface area contributed by atoms with Crippen molar-refractivity contribution in [2.24, 2.45) is 27.6 Å². The number of hydrogen-bond donors (Lipinski definition) is 0. The molecular weight excluding hydrogens is 586 g/mol. The molecule has 0 aliphatic carbocycles. The van der Waals surface area contributed by atoms with E-state index in [0.29, 0.717) is 11.4 Å². The molecule has 2 heterocycles. The Morgan fingerprint density at radius 1 is 0.750 bits per heavy atom. The molecule has 2 aliphatic rings. The molecule has 0 saturated carbocycles. The van der Waals surface area contributed by atoms with Crippen LogP contribution in [0.2, 0.25) is 0 Å². The van der Waals surface area contributed by atoms with Crippen LogP contribution in [0.3, 0.4) is 0 Å². The van der Waals surface area contributed by atoms with Crippen LogP contribution < -0.4 is 0 Å². The van der Waals surface area contributed by atoms with Crippen LogP contribution in [0, 0.1) is 27.6 Å². The fraction of sp³-hybridized carbons (Fsp3) is 0.788. The highest BCUT2D eigenvalue weighted by atomic mass is 32.1. The number of ether oxygens (including phenoxy) is 5. The Balaban J connectivity index is 2.76. The van der Waals surface area contributed by atoms with Crippen LogP contribution in [0.1, 0.15) is 103 Å². The van der Waals surface area contributed by atoms with Gasteiger partial charge >= 0.3 is 23.9 Å². The highest BCUT2D eigenvalue weighted by molar-refractivity contribution is 7.80. The number of allylic oxidation sites excluding steroid dienone is 1. The zero-order valence-electron chi connectivity index (χ0n) is 28.8. The van der Waals surface area contributed by atoms with Crippen molar-refractivity contribution in [3.63, 3.8) is 0 Å². The minimum Gasteiger partial charge on any atom is -0.462 e. The fourth-order valence-electron chi connectivity index (χ4n) is 4.13. The van der Waals surface area contributed by atoms with Gasteiger partial charge in [-0.05, 0) is 95.4 Å². The minimum atomic E-state index is -1.32. The molecule has 1 fully saturated rings. The van der Waals surface area contributed by atoms with Crippen molar-refractivity contribution in [3.8, 4) is 0 Å². The van der Waals surface area contributed by atoms with Crippen LogP contribution in [0.4, 0.5) is 0 Å². The number of carbonyl (C=O) groups excluding carboxylic acids is 4. The van der Waals surface area contributed by atoms with Crippen LogP contribution in [-0.2, 0) is 42.9 Å². The van der Waals surface area contributed by atoms with E-state index < -0.39 is 76.2 Å². The van der Waals surface area contributed by atoms with Crippen molar-refractivity contribution in [1.82, 2.24) is 4.90 Å². The smallest absolute Gasteiger partial charge is 0.311 e. The average molecular weight is 640 g/mol. The lowest BCUT2D eigenvalue weighted by molar-refractivity contribution is -0.274. The van der Waals surface area contributed by atoms with E-state index in [1.54, 1.807) is 94.2 Å². The van der Waals surface area contributed by atoms with Crippen LogP contribution >= 0.6 is 12.2 Å². The van der Waals surface area contributed by atoms with Gasteiger partial charge in [-0.3, -0.25) is 19.2 Å². The second-order valence-electron chi connectivity index (χ2n) is 15.8. The Kier molecular flexibility index (Phi) is 11.9. The molecule has 11 heteroatoms. The summed E-state index contributed by atoms with van der Waals surface area (Å²) in [6.45, 7) is 22.1. The molecule has 0 unspecified atom stereocenters. The van der Waals surface area contributed by atoms with Gasteiger partial charge < -0.3 is 28.6 Å². The highest BCUT2D eigenvalue weighted by Crippen LogP contribution is 2.37. The van der Waals surface area contributed by atoms with Crippen molar-refractivity contribution in [2.45, 2.75) is 133 Å².